The van der Waals surface area contributed by atoms with Crippen LogP contribution in [0.1, 0.15) is 29.8 Å². The smallest absolute Gasteiger partial charge is 0.251 e. The molecule has 0 aliphatic heterocycles. The van der Waals surface area contributed by atoms with Crippen molar-refractivity contribution in [1.29, 1.82) is 0 Å². The van der Waals surface area contributed by atoms with Crippen LogP contribution in [-0.2, 0) is 16.2 Å². The predicted molar refractivity (Wildman–Crippen MR) is 125 cm³/mol. The zero-order valence-electron chi connectivity index (χ0n) is 17.9. The van der Waals surface area contributed by atoms with E-state index in [1.165, 1.54) is 13.0 Å². The van der Waals surface area contributed by atoms with Crippen molar-refractivity contribution in [2.75, 3.05) is 10.6 Å². The van der Waals surface area contributed by atoms with Crippen LogP contribution in [0.2, 0.25) is 0 Å². The van der Waals surface area contributed by atoms with E-state index in [1.54, 1.807) is 55.5 Å². The van der Waals surface area contributed by atoms with Crippen LogP contribution in [0.15, 0.2) is 90.5 Å². The number of ketones is 1. The van der Waals surface area contributed by atoms with Crippen LogP contribution in [0.5, 0.6) is 5.75 Å². The molecule has 0 radical (unpaired) electrons. The summed E-state index contributed by atoms with van der Waals surface area (Å²) in [7, 11) is 0. The van der Waals surface area contributed by atoms with Crippen molar-refractivity contribution in [3.63, 3.8) is 0 Å². The van der Waals surface area contributed by atoms with Gasteiger partial charge in [-0.3, -0.25) is 14.4 Å². The van der Waals surface area contributed by atoms with Gasteiger partial charge < -0.3 is 15.4 Å². The molecule has 0 saturated carbocycles. The lowest BCUT2D eigenvalue weighted by molar-refractivity contribution is -0.114. The molecule has 0 aromatic heterocycles. The number of carbonyl (C=O) groups is 3. The summed E-state index contributed by atoms with van der Waals surface area (Å²) in [5.41, 5.74) is 3.02. The van der Waals surface area contributed by atoms with Gasteiger partial charge in [0.1, 0.15) is 12.4 Å². The summed E-state index contributed by atoms with van der Waals surface area (Å²) in [6, 6.07) is 23.4. The molecule has 0 atom stereocenters. The Bertz CT molecular complexity index is 1120. The number of Topliss-reactive ketones (excluding diaryl/α,β-unsaturated/α-hetero) is 1. The van der Waals surface area contributed by atoms with E-state index >= 15 is 0 Å². The first-order valence-corrected chi connectivity index (χ1v) is 10.1. The van der Waals surface area contributed by atoms with Crippen LogP contribution in [0.3, 0.4) is 0 Å². The Labute approximate surface area is 186 Å². The molecular formula is C26H24N2O4. The van der Waals surface area contributed by atoms with Crippen LogP contribution in [0.25, 0.3) is 0 Å². The Kier molecular flexibility index (Phi) is 7.54. The summed E-state index contributed by atoms with van der Waals surface area (Å²) < 4.78 is 5.73. The van der Waals surface area contributed by atoms with Gasteiger partial charge in [-0.05, 0) is 67.9 Å². The van der Waals surface area contributed by atoms with E-state index in [9.17, 15) is 14.4 Å². The first kappa shape index (κ1) is 22.5. The maximum absolute atomic E-state index is 12.4. The molecule has 3 rings (SSSR count). The van der Waals surface area contributed by atoms with Crippen molar-refractivity contribution >= 4 is 29.0 Å². The minimum absolute atomic E-state index is 0.0499. The van der Waals surface area contributed by atoms with Crippen molar-refractivity contribution in [2.24, 2.45) is 0 Å². The van der Waals surface area contributed by atoms with E-state index in [2.05, 4.69) is 10.6 Å². The van der Waals surface area contributed by atoms with Gasteiger partial charge in [0.15, 0.2) is 5.78 Å². The fraction of sp³-hybridized carbons (Fsp3) is 0.115. The first-order chi connectivity index (χ1) is 15.4. The summed E-state index contributed by atoms with van der Waals surface area (Å²) in [5.74, 6) is -0.178. The van der Waals surface area contributed by atoms with Gasteiger partial charge in [-0.1, -0.05) is 30.3 Å². The molecule has 0 spiro atoms. The van der Waals surface area contributed by atoms with Crippen molar-refractivity contribution in [3.8, 4) is 5.75 Å². The molecule has 0 fully saturated rings. The number of hydrogen-bond donors (Lipinski definition) is 2. The van der Waals surface area contributed by atoms with Crippen LogP contribution in [-0.4, -0.2) is 17.6 Å². The quantitative estimate of drug-likeness (QED) is 0.391. The van der Waals surface area contributed by atoms with Crippen molar-refractivity contribution < 1.29 is 19.1 Å². The highest BCUT2D eigenvalue weighted by Gasteiger charge is 2.08. The van der Waals surface area contributed by atoms with Crippen LogP contribution >= 0.6 is 0 Å². The first-order valence-electron chi connectivity index (χ1n) is 10.1. The van der Waals surface area contributed by atoms with E-state index < -0.39 is 5.91 Å². The molecule has 0 aliphatic carbocycles. The SMILES string of the molecule is CC(=O)c1ccc(NC(=O)/C=C(/C)C(=O)Nc2ccc(OCc3ccccc3)cc2)cc1. The van der Waals surface area contributed by atoms with Gasteiger partial charge in [0.25, 0.3) is 5.91 Å². The fourth-order valence-corrected chi connectivity index (χ4v) is 2.83. The minimum atomic E-state index is -0.433. The lowest BCUT2D eigenvalue weighted by Gasteiger charge is -2.09. The van der Waals surface area contributed by atoms with E-state index in [4.69, 9.17) is 4.74 Å². The van der Waals surface area contributed by atoms with Crippen LogP contribution in [0, 0.1) is 0 Å². The molecule has 2 amide bonds. The molecule has 0 heterocycles. The molecule has 3 aromatic carbocycles. The second-order valence-electron chi connectivity index (χ2n) is 7.20. The average Bonchev–Trinajstić information content (AvgIpc) is 2.79. The number of anilines is 2. The number of amides is 2. The van der Waals surface area contributed by atoms with E-state index in [0.29, 0.717) is 29.3 Å². The Morgan fingerprint density at radius 1 is 0.781 bits per heavy atom. The third kappa shape index (κ3) is 6.67. The van der Waals surface area contributed by atoms with Gasteiger partial charge in [-0.2, -0.15) is 0 Å². The van der Waals surface area contributed by atoms with Gasteiger partial charge in [0, 0.05) is 28.6 Å². The van der Waals surface area contributed by atoms with E-state index in [1.807, 2.05) is 30.3 Å². The van der Waals surface area contributed by atoms with Gasteiger partial charge in [0.05, 0.1) is 0 Å². The summed E-state index contributed by atoms with van der Waals surface area (Å²) in [6.07, 6.45) is 1.23. The number of benzene rings is 3. The van der Waals surface area contributed by atoms with E-state index in [-0.39, 0.29) is 17.3 Å². The highest BCUT2D eigenvalue weighted by atomic mass is 16.5. The summed E-state index contributed by atoms with van der Waals surface area (Å²) >= 11 is 0. The third-order valence-corrected chi connectivity index (χ3v) is 4.63. The molecule has 162 valence electrons. The standard InChI is InChI=1S/C26H24N2O4/c1-18(16-25(30)27-22-10-8-21(9-11-22)19(2)29)26(31)28-23-12-14-24(15-13-23)32-17-20-6-4-3-5-7-20/h3-16H,17H2,1-2H3,(H,27,30)(H,28,31)/b18-16-. The number of hydrogen-bond acceptors (Lipinski definition) is 4. The molecule has 0 unspecified atom stereocenters. The molecule has 0 aliphatic rings. The highest BCUT2D eigenvalue weighted by molar-refractivity contribution is 6.10. The largest absolute Gasteiger partial charge is 0.489 e. The second-order valence-corrected chi connectivity index (χ2v) is 7.20. The maximum Gasteiger partial charge on any atom is 0.251 e. The molecular weight excluding hydrogens is 404 g/mol. The summed E-state index contributed by atoms with van der Waals surface area (Å²) in [4.78, 5) is 35.9. The molecule has 6 heteroatoms. The minimum Gasteiger partial charge on any atom is -0.489 e. The van der Waals surface area contributed by atoms with Gasteiger partial charge in [0.2, 0.25) is 5.91 Å². The third-order valence-electron chi connectivity index (χ3n) is 4.63. The molecule has 3 aromatic rings. The van der Waals surface area contributed by atoms with Gasteiger partial charge in [-0.15, -0.1) is 0 Å². The van der Waals surface area contributed by atoms with Crippen molar-refractivity contribution in [3.05, 3.63) is 102 Å². The Morgan fingerprint density at radius 3 is 2.00 bits per heavy atom. The molecule has 0 saturated heterocycles. The van der Waals surface area contributed by atoms with Crippen LogP contribution < -0.4 is 15.4 Å². The number of nitrogens with one attached hydrogen (secondary N) is 2. The maximum atomic E-state index is 12.4. The Morgan fingerprint density at radius 2 is 1.38 bits per heavy atom. The lowest BCUT2D eigenvalue weighted by Crippen LogP contribution is -2.16. The normalized spacial score (nSPS) is 10.9. The fourth-order valence-electron chi connectivity index (χ4n) is 2.83. The topological polar surface area (TPSA) is 84.5 Å². The second kappa shape index (κ2) is 10.7. The van der Waals surface area contributed by atoms with Crippen molar-refractivity contribution in [2.45, 2.75) is 20.5 Å². The van der Waals surface area contributed by atoms with Crippen molar-refractivity contribution in [1.82, 2.24) is 0 Å². The average molecular weight is 428 g/mol. The predicted octanol–water partition coefficient (Wildman–Crippen LogP) is 4.99. The number of rotatable bonds is 8. The molecule has 6 nitrogen and oxygen atoms in total. The zero-order chi connectivity index (χ0) is 22.9. The van der Waals surface area contributed by atoms with E-state index in [0.717, 1.165) is 5.56 Å². The zero-order valence-corrected chi connectivity index (χ0v) is 17.9. The molecule has 0 bridgehead atoms. The van der Waals surface area contributed by atoms with Gasteiger partial charge >= 0.3 is 0 Å². The Balaban J connectivity index is 1.52. The van der Waals surface area contributed by atoms with Crippen LogP contribution in [0.4, 0.5) is 11.4 Å². The summed E-state index contributed by atoms with van der Waals surface area (Å²) in [5, 5.41) is 5.42. The summed E-state index contributed by atoms with van der Waals surface area (Å²) in [6.45, 7) is 3.50. The Hall–Kier alpha value is -4.19. The highest BCUT2D eigenvalue weighted by Crippen LogP contribution is 2.18. The van der Waals surface area contributed by atoms with Gasteiger partial charge in [-0.25, -0.2) is 0 Å². The molecule has 32 heavy (non-hydrogen) atoms. The molecule has 2 N–H and O–H groups in total. The monoisotopic (exact) mass is 428 g/mol. The lowest BCUT2D eigenvalue weighted by atomic mass is 10.1. The number of carbonyl (C=O) groups excluding carboxylic acids is 3. The number of ether oxygens (including phenoxy) is 1.